The van der Waals surface area contributed by atoms with Crippen molar-refractivity contribution < 1.29 is 18.3 Å². The van der Waals surface area contributed by atoms with Gasteiger partial charge in [-0.2, -0.15) is 9.82 Å². The Morgan fingerprint density at radius 2 is 2.24 bits per heavy atom. The number of rotatable bonds is 4. The predicted molar refractivity (Wildman–Crippen MR) is 58.9 cm³/mol. The molecule has 1 aromatic rings. The molecule has 1 heterocycles. The Balaban J connectivity index is 3.29. The maximum atomic E-state index is 11.9. The minimum absolute atomic E-state index is 0.138. The highest BCUT2D eigenvalue weighted by Gasteiger charge is 2.28. The Kier molecular flexibility index (Phi) is 3.55. The summed E-state index contributed by atoms with van der Waals surface area (Å²) >= 11 is 0. The first-order valence-corrected chi connectivity index (χ1v) is 6.04. The number of aromatic nitrogens is 2. The maximum Gasteiger partial charge on any atom is 0.357 e. The van der Waals surface area contributed by atoms with Crippen molar-refractivity contribution in [3.63, 3.8) is 0 Å². The molecule has 7 nitrogen and oxygen atoms in total. The van der Waals surface area contributed by atoms with E-state index in [9.17, 15) is 13.2 Å². The fourth-order valence-corrected chi connectivity index (χ4v) is 2.71. The molecule has 1 aromatic heterocycles. The molecule has 17 heavy (non-hydrogen) atoms. The molecule has 0 spiro atoms. The van der Waals surface area contributed by atoms with Crippen molar-refractivity contribution in [3.05, 3.63) is 11.4 Å². The highest BCUT2D eigenvalue weighted by atomic mass is 32.2. The molecular weight excluding hydrogens is 246 g/mol. The van der Waals surface area contributed by atoms with E-state index in [0.717, 1.165) is 0 Å². The second-order valence-electron chi connectivity index (χ2n) is 3.34. The molecule has 0 saturated heterocycles. The summed E-state index contributed by atoms with van der Waals surface area (Å²) in [5, 5.41) is 14.6. The Bertz CT molecular complexity index is 582. The Hall–Kier alpha value is -1.85. The number of carboxylic acids is 1. The van der Waals surface area contributed by atoms with Crippen LogP contribution in [0.25, 0.3) is 0 Å². The summed E-state index contributed by atoms with van der Waals surface area (Å²) in [5.41, 5.74) is -0.418. The molecule has 0 fully saturated rings. The zero-order valence-corrected chi connectivity index (χ0v) is 10.00. The van der Waals surface area contributed by atoms with Crippen LogP contribution in [0.1, 0.15) is 23.1 Å². The van der Waals surface area contributed by atoms with Crippen LogP contribution in [0.2, 0.25) is 0 Å². The number of nitrogens with zero attached hydrogens (tertiary/aromatic N) is 1. The molecule has 0 aliphatic carbocycles. The Labute approximate surface area is 98.3 Å². The SMILES string of the molecule is C#CC(C)NS(=O)(=O)c1c(C(=O)O)n[nH]c1C. The van der Waals surface area contributed by atoms with Crippen LogP contribution in [0, 0.1) is 19.3 Å². The normalized spacial score (nSPS) is 13.0. The van der Waals surface area contributed by atoms with Crippen molar-refractivity contribution in [1.29, 1.82) is 0 Å². The molecule has 3 N–H and O–H groups in total. The standard InChI is InChI=1S/C9H11N3O4S/c1-4-5(2)12-17(15,16)8-6(3)10-11-7(8)9(13)14/h1,5,12H,2-3H3,(H,10,11)(H,13,14). The molecule has 1 rings (SSSR count). The van der Waals surface area contributed by atoms with Crippen molar-refractivity contribution in [2.75, 3.05) is 0 Å². The molecular formula is C9H11N3O4S. The second kappa shape index (κ2) is 4.57. The number of hydrogen-bond acceptors (Lipinski definition) is 4. The average molecular weight is 257 g/mol. The number of terminal acetylenes is 1. The second-order valence-corrected chi connectivity index (χ2v) is 4.99. The van der Waals surface area contributed by atoms with Crippen LogP contribution in [0.15, 0.2) is 4.90 Å². The van der Waals surface area contributed by atoms with Crippen molar-refractivity contribution in [3.8, 4) is 12.3 Å². The summed E-state index contributed by atoms with van der Waals surface area (Å²) in [4.78, 5) is 10.4. The molecule has 8 heteroatoms. The lowest BCUT2D eigenvalue weighted by molar-refractivity contribution is 0.0686. The van der Waals surface area contributed by atoms with Crippen molar-refractivity contribution in [2.45, 2.75) is 24.8 Å². The third-order valence-corrected chi connectivity index (χ3v) is 3.65. The fourth-order valence-electron chi connectivity index (χ4n) is 1.22. The number of carbonyl (C=O) groups is 1. The molecule has 0 aliphatic heterocycles. The summed E-state index contributed by atoms with van der Waals surface area (Å²) in [6, 6.07) is -0.740. The van der Waals surface area contributed by atoms with Gasteiger partial charge in [0.05, 0.1) is 11.7 Å². The quantitative estimate of drug-likeness (QED) is 0.642. The number of aromatic amines is 1. The van der Waals surface area contributed by atoms with Crippen LogP contribution in [0.5, 0.6) is 0 Å². The van der Waals surface area contributed by atoms with Crippen LogP contribution in [-0.2, 0) is 10.0 Å². The van der Waals surface area contributed by atoms with Crippen molar-refractivity contribution in [2.24, 2.45) is 0 Å². The van der Waals surface area contributed by atoms with Crippen LogP contribution in [0.4, 0.5) is 0 Å². The molecule has 1 unspecified atom stereocenters. The fraction of sp³-hybridized carbons (Fsp3) is 0.333. The zero-order chi connectivity index (χ0) is 13.2. The van der Waals surface area contributed by atoms with Crippen molar-refractivity contribution >= 4 is 16.0 Å². The van der Waals surface area contributed by atoms with E-state index in [2.05, 4.69) is 20.8 Å². The van der Waals surface area contributed by atoms with Gasteiger partial charge in [-0.15, -0.1) is 6.42 Å². The molecule has 0 amide bonds. The van der Waals surface area contributed by atoms with Crippen molar-refractivity contribution in [1.82, 2.24) is 14.9 Å². The van der Waals surface area contributed by atoms with Gasteiger partial charge < -0.3 is 5.11 Å². The first-order valence-electron chi connectivity index (χ1n) is 4.56. The van der Waals surface area contributed by atoms with E-state index in [4.69, 9.17) is 11.5 Å². The first-order chi connectivity index (χ1) is 7.79. The Morgan fingerprint density at radius 1 is 1.65 bits per heavy atom. The van der Waals surface area contributed by atoms with Gasteiger partial charge in [0.2, 0.25) is 10.0 Å². The molecule has 1 atom stereocenters. The molecule has 0 aromatic carbocycles. The van der Waals surface area contributed by atoms with E-state index >= 15 is 0 Å². The van der Waals surface area contributed by atoms with Gasteiger partial charge in [0.15, 0.2) is 5.69 Å². The van der Waals surface area contributed by atoms with Crippen LogP contribution < -0.4 is 4.72 Å². The maximum absolute atomic E-state index is 11.9. The summed E-state index contributed by atoms with van der Waals surface area (Å²) in [7, 11) is -4.00. The third-order valence-electron chi connectivity index (χ3n) is 1.94. The first kappa shape index (κ1) is 13.2. The van der Waals surface area contributed by atoms with Gasteiger partial charge in [-0.3, -0.25) is 5.10 Å². The molecule has 0 saturated carbocycles. The zero-order valence-electron chi connectivity index (χ0n) is 9.18. The van der Waals surface area contributed by atoms with E-state index in [1.165, 1.54) is 13.8 Å². The number of nitrogens with one attached hydrogen (secondary N) is 2. The minimum atomic E-state index is -4.00. The van der Waals surface area contributed by atoms with E-state index in [-0.39, 0.29) is 5.69 Å². The van der Waals surface area contributed by atoms with Gasteiger partial charge in [-0.05, 0) is 13.8 Å². The van der Waals surface area contributed by atoms with E-state index in [1.807, 2.05) is 0 Å². The van der Waals surface area contributed by atoms with E-state index in [0.29, 0.717) is 0 Å². The third kappa shape index (κ3) is 2.64. The van der Waals surface area contributed by atoms with Gasteiger partial charge in [0.25, 0.3) is 0 Å². The largest absolute Gasteiger partial charge is 0.476 e. The van der Waals surface area contributed by atoms with Crippen LogP contribution >= 0.6 is 0 Å². The summed E-state index contributed by atoms with van der Waals surface area (Å²) in [5.74, 6) is 0.755. The lowest BCUT2D eigenvalue weighted by Crippen LogP contribution is -2.32. The monoisotopic (exact) mass is 257 g/mol. The van der Waals surface area contributed by atoms with Gasteiger partial charge in [0.1, 0.15) is 4.90 Å². The average Bonchev–Trinajstić information content (AvgIpc) is 2.60. The topological polar surface area (TPSA) is 112 Å². The van der Waals surface area contributed by atoms with Crippen LogP contribution in [0.3, 0.4) is 0 Å². The summed E-state index contributed by atoms with van der Waals surface area (Å²) in [6.45, 7) is 2.88. The smallest absolute Gasteiger partial charge is 0.357 e. The Morgan fingerprint density at radius 3 is 2.71 bits per heavy atom. The molecule has 0 bridgehead atoms. The number of aromatic carboxylic acids is 1. The number of carboxylic acid groups (broad SMARTS) is 1. The van der Waals surface area contributed by atoms with E-state index < -0.39 is 32.6 Å². The lowest BCUT2D eigenvalue weighted by Gasteiger charge is -2.08. The highest BCUT2D eigenvalue weighted by molar-refractivity contribution is 7.89. The lowest BCUT2D eigenvalue weighted by atomic mass is 10.4. The predicted octanol–water partition coefficient (Wildman–Crippen LogP) is -0.284. The molecule has 92 valence electrons. The minimum Gasteiger partial charge on any atom is -0.476 e. The van der Waals surface area contributed by atoms with Gasteiger partial charge in [-0.1, -0.05) is 5.92 Å². The number of hydrogen-bond donors (Lipinski definition) is 3. The van der Waals surface area contributed by atoms with Gasteiger partial charge >= 0.3 is 5.97 Å². The highest BCUT2D eigenvalue weighted by Crippen LogP contribution is 2.17. The van der Waals surface area contributed by atoms with Crippen LogP contribution in [-0.4, -0.2) is 35.7 Å². The molecule has 0 aliphatic rings. The number of sulfonamides is 1. The number of H-pyrrole nitrogens is 1. The summed E-state index contributed by atoms with van der Waals surface area (Å²) < 4.78 is 25.9. The van der Waals surface area contributed by atoms with E-state index in [1.54, 1.807) is 0 Å². The van der Waals surface area contributed by atoms with Gasteiger partial charge in [0, 0.05) is 0 Å². The van der Waals surface area contributed by atoms with Gasteiger partial charge in [-0.25, -0.2) is 13.2 Å². The summed E-state index contributed by atoms with van der Waals surface area (Å²) in [6.07, 6.45) is 5.05. The molecule has 0 radical (unpaired) electrons. The number of aryl methyl sites for hydroxylation is 1.